The van der Waals surface area contributed by atoms with Crippen LogP contribution in [0.1, 0.15) is 36.5 Å². The van der Waals surface area contributed by atoms with Gasteiger partial charge in [-0.3, -0.25) is 14.9 Å². The number of nitrogens with two attached hydrogens (primary N) is 1. The van der Waals surface area contributed by atoms with Crippen LogP contribution in [-0.4, -0.2) is 30.5 Å². The van der Waals surface area contributed by atoms with Crippen molar-refractivity contribution >= 4 is 11.6 Å². The largest absolute Gasteiger partial charge is 0.496 e. The van der Waals surface area contributed by atoms with Crippen molar-refractivity contribution in [1.29, 1.82) is 0 Å². The fraction of sp³-hybridized carbons (Fsp3) is 0.500. The molecule has 0 aliphatic carbocycles. The molecule has 7 nitrogen and oxygen atoms in total. The summed E-state index contributed by atoms with van der Waals surface area (Å²) in [6, 6.07) is 3.79. The van der Waals surface area contributed by atoms with E-state index in [1.807, 2.05) is 0 Å². The van der Waals surface area contributed by atoms with Crippen molar-refractivity contribution in [2.45, 2.75) is 32.2 Å². The van der Waals surface area contributed by atoms with Crippen molar-refractivity contribution in [1.82, 2.24) is 5.32 Å². The number of carbonyl (C=O) groups is 1. The van der Waals surface area contributed by atoms with Crippen molar-refractivity contribution < 1.29 is 14.5 Å². The molecule has 1 atom stereocenters. The molecule has 0 bridgehead atoms. The van der Waals surface area contributed by atoms with Gasteiger partial charge in [-0.1, -0.05) is 19.8 Å². The Balaban J connectivity index is 2.88. The summed E-state index contributed by atoms with van der Waals surface area (Å²) in [5, 5.41) is 13.6. The van der Waals surface area contributed by atoms with Crippen LogP contribution < -0.4 is 15.8 Å². The van der Waals surface area contributed by atoms with Crippen LogP contribution in [0.15, 0.2) is 18.2 Å². The molecule has 1 amide bonds. The van der Waals surface area contributed by atoms with E-state index < -0.39 is 4.92 Å². The van der Waals surface area contributed by atoms with Crippen molar-refractivity contribution in [3.8, 4) is 5.75 Å². The molecule has 7 heteroatoms. The number of hydrogen-bond donors (Lipinski definition) is 2. The van der Waals surface area contributed by atoms with E-state index >= 15 is 0 Å². The van der Waals surface area contributed by atoms with Gasteiger partial charge in [-0.25, -0.2) is 0 Å². The Morgan fingerprint density at radius 1 is 1.52 bits per heavy atom. The van der Waals surface area contributed by atoms with Crippen molar-refractivity contribution in [3.63, 3.8) is 0 Å². The van der Waals surface area contributed by atoms with E-state index in [1.165, 1.54) is 25.3 Å². The molecule has 1 rings (SSSR count). The van der Waals surface area contributed by atoms with Crippen LogP contribution in [0.4, 0.5) is 5.69 Å². The molecule has 0 heterocycles. The summed E-state index contributed by atoms with van der Waals surface area (Å²) in [4.78, 5) is 22.4. The number of nitrogens with zero attached hydrogens (tertiary/aromatic N) is 1. The summed E-state index contributed by atoms with van der Waals surface area (Å²) in [5.41, 5.74) is 5.78. The third-order valence-electron chi connectivity index (χ3n) is 3.17. The highest BCUT2D eigenvalue weighted by Gasteiger charge is 2.18. The van der Waals surface area contributed by atoms with Gasteiger partial charge < -0.3 is 15.8 Å². The van der Waals surface area contributed by atoms with E-state index in [1.54, 1.807) is 0 Å². The number of amides is 1. The maximum Gasteiger partial charge on any atom is 0.273 e. The van der Waals surface area contributed by atoms with Gasteiger partial charge in [0.15, 0.2) is 0 Å². The molecular formula is C14H21N3O4. The summed E-state index contributed by atoms with van der Waals surface area (Å²) in [5.74, 6) is -0.165. The van der Waals surface area contributed by atoms with E-state index in [4.69, 9.17) is 10.5 Å². The average Bonchev–Trinajstić information content (AvgIpc) is 2.50. The van der Waals surface area contributed by atoms with Crippen LogP contribution in [0.2, 0.25) is 0 Å². The molecule has 116 valence electrons. The molecule has 1 aromatic rings. The molecular weight excluding hydrogens is 274 g/mol. The first-order chi connectivity index (χ1) is 10.0. The zero-order valence-corrected chi connectivity index (χ0v) is 12.3. The van der Waals surface area contributed by atoms with Gasteiger partial charge in [0, 0.05) is 18.7 Å². The second-order valence-corrected chi connectivity index (χ2v) is 4.69. The zero-order chi connectivity index (χ0) is 15.8. The van der Waals surface area contributed by atoms with E-state index in [2.05, 4.69) is 12.2 Å². The lowest BCUT2D eigenvalue weighted by Crippen LogP contribution is -2.40. The van der Waals surface area contributed by atoms with Gasteiger partial charge in [0.25, 0.3) is 11.6 Å². The van der Waals surface area contributed by atoms with Gasteiger partial charge in [-0.2, -0.15) is 0 Å². The Bertz CT molecular complexity index is 505. The van der Waals surface area contributed by atoms with Gasteiger partial charge in [0.1, 0.15) is 5.75 Å². The maximum atomic E-state index is 12.2. The quantitative estimate of drug-likeness (QED) is 0.562. The number of benzene rings is 1. The van der Waals surface area contributed by atoms with E-state index in [9.17, 15) is 14.9 Å². The molecule has 0 fully saturated rings. The van der Waals surface area contributed by atoms with Crippen LogP contribution in [0.3, 0.4) is 0 Å². The van der Waals surface area contributed by atoms with Gasteiger partial charge in [0.05, 0.1) is 23.7 Å². The minimum absolute atomic E-state index is 0.114. The molecule has 0 spiro atoms. The molecule has 0 saturated carbocycles. The predicted molar refractivity (Wildman–Crippen MR) is 79.5 cm³/mol. The number of nitro groups is 1. The van der Waals surface area contributed by atoms with Gasteiger partial charge in [0.2, 0.25) is 0 Å². The van der Waals surface area contributed by atoms with Crippen LogP contribution in [0.5, 0.6) is 5.75 Å². The van der Waals surface area contributed by atoms with Crippen LogP contribution in [-0.2, 0) is 0 Å². The topological polar surface area (TPSA) is 107 Å². The fourth-order valence-corrected chi connectivity index (χ4v) is 1.94. The minimum atomic E-state index is -0.534. The summed E-state index contributed by atoms with van der Waals surface area (Å²) >= 11 is 0. The maximum absolute atomic E-state index is 12.2. The normalized spacial score (nSPS) is 11.8. The summed E-state index contributed by atoms with van der Waals surface area (Å²) in [6.45, 7) is 2.41. The number of nitrogens with one attached hydrogen (secondary N) is 1. The van der Waals surface area contributed by atoms with E-state index in [0.717, 1.165) is 19.3 Å². The third kappa shape index (κ3) is 4.71. The number of non-ortho nitro benzene ring substituents is 1. The lowest BCUT2D eigenvalue weighted by atomic mass is 10.1. The monoisotopic (exact) mass is 295 g/mol. The number of methoxy groups -OCH3 is 1. The molecule has 21 heavy (non-hydrogen) atoms. The van der Waals surface area contributed by atoms with Crippen molar-refractivity contribution in [2.75, 3.05) is 13.7 Å². The number of ether oxygens (including phenoxy) is 1. The fourth-order valence-electron chi connectivity index (χ4n) is 1.94. The van der Waals surface area contributed by atoms with Crippen LogP contribution in [0, 0.1) is 10.1 Å². The Hall–Kier alpha value is -2.15. The molecule has 1 unspecified atom stereocenters. The van der Waals surface area contributed by atoms with Crippen molar-refractivity contribution in [2.24, 2.45) is 5.73 Å². The molecule has 0 aliphatic rings. The lowest BCUT2D eigenvalue weighted by Gasteiger charge is -2.17. The molecule has 3 N–H and O–H groups in total. The summed E-state index contributed by atoms with van der Waals surface area (Å²) in [7, 11) is 1.37. The van der Waals surface area contributed by atoms with Gasteiger partial charge >= 0.3 is 0 Å². The Labute approximate surface area is 123 Å². The second-order valence-electron chi connectivity index (χ2n) is 4.69. The molecule has 0 aliphatic heterocycles. The predicted octanol–water partition coefficient (Wildman–Crippen LogP) is 1.85. The van der Waals surface area contributed by atoms with Crippen molar-refractivity contribution in [3.05, 3.63) is 33.9 Å². The molecule has 1 aromatic carbocycles. The first-order valence-electron chi connectivity index (χ1n) is 6.86. The first-order valence-corrected chi connectivity index (χ1v) is 6.86. The number of carbonyl (C=O) groups excluding carboxylic acids is 1. The number of hydrogen-bond acceptors (Lipinski definition) is 5. The molecule has 0 saturated heterocycles. The standard InChI is InChI=1S/C14H21N3O4/c1-3-4-5-10(9-15)16-14(18)12-7-6-11(17(19)20)8-13(12)21-2/h6-8,10H,3-5,9,15H2,1-2H3,(H,16,18). The second kappa shape index (κ2) is 8.21. The first kappa shape index (κ1) is 16.9. The Morgan fingerprint density at radius 2 is 2.24 bits per heavy atom. The smallest absolute Gasteiger partial charge is 0.273 e. The van der Waals surface area contributed by atoms with Crippen LogP contribution >= 0.6 is 0 Å². The highest BCUT2D eigenvalue weighted by molar-refractivity contribution is 5.97. The van der Waals surface area contributed by atoms with Crippen LogP contribution in [0.25, 0.3) is 0 Å². The minimum Gasteiger partial charge on any atom is -0.496 e. The summed E-state index contributed by atoms with van der Waals surface area (Å²) in [6.07, 6.45) is 2.79. The van der Waals surface area contributed by atoms with Gasteiger partial charge in [-0.05, 0) is 12.5 Å². The SMILES string of the molecule is CCCCC(CN)NC(=O)c1ccc([N+](=O)[O-])cc1OC. The third-order valence-corrected chi connectivity index (χ3v) is 3.17. The van der Waals surface area contributed by atoms with Gasteiger partial charge in [-0.15, -0.1) is 0 Å². The Kier molecular flexibility index (Phi) is 6.61. The zero-order valence-electron chi connectivity index (χ0n) is 12.3. The lowest BCUT2D eigenvalue weighted by molar-refractivity contribution is -0.384. The number of unbranched alkanes of at least 4 members (excludes halogenated alkanes) is 1. The average molecular weight is 295 g/mol. The molecule has 0 aromatic heterocycles. The highest BCUT2D eigenvalue weighted by Crippen LogP contribution is 2.24. The highest BCUT2D eigenvalue weighted by atomic mass is 16.6. The summed E-state index contributed by atoms with van der Waals surface area (Å²) < 4.78 is 5.06. The molecule has 0 radical (unpaired) electrons. The van der Waals surface area contributed by atoms with E-state index in [0.29, 0.717) is 6.54 Å². The van der Waals surface area contributed by atoms with E-state index in [-0.39, 0.29) is 28.9 Å². The number of rotatable bonds is 8. The Morgan fingerprint density at radius 3 is 2.76 bits per heavy atom. The number of nitro benzene ring substituents is 1.